The highest BCUT2D eigenvalue weighted by Gasteiger charge is 2.53. The van der Waals surface area contributed by atoms with Crippen molar-refractivity contribution in [3.63, 3.8) is 0 Å². The zero-order chi connectivity index (χ0) is 30.2. The summed E-state index contributed by atoms with van der Waals surface area (Å²) < 4.78 is 15.8. The third-order valence-electron chi connectivity index (χ3n) is 6.31. The van der Waals surface area contributed by atoms with Gasteiger partial charge in [-0.25, -0.2) is 14.4 Å². The van der Waals surface area contributed by atoms with Crippen LogP contribution in [0.2, 0.25) is 0 Å². The summed E-state index contributed by atoms with van der Waals surface area (Å²) in [4.78, 5) is 37.8. The van der Waals surface area contributed by atoms with Crippen molar-refractivity contribution < 1.29 is 59.2 Å². The molecule has 0 bridgehead atoms. The monoisotopic (exact) mass is 572 g/mol. The Hall–Kier alpha value is -4.55. The molecule has 2 aromatic rings. The van der Waals surface area contributed by atoms with E-state index in [-0.39, 0.29) is 18.1 Å². The molecule has 0 radical (unpaired) electrons. The van der Waals surface area contributed by atoms with Gasteiger partial charge in [-0.15, -0.1) is 0 Å². The fourth-order valence-electron chi connectivity index (χ4n) is 4.06. The van der Waals surface area contributed by atoms with Gasteiger partial charge >= 0.3 is 17.9 Å². The predicted molar refractivity (Wildman–Crippen MR) is 143 cm³/mol. The van der Waals surface area contributed by atoms with Gasteiger partial charge in [0.15, 0.2) is 28.6 Å². The number of unbranched alkanes of at least 4 members (excludes halogenated alkanes) is 1. The molecule has 0 aromatic heterocycles. The highest BCUT2D eigenvalue weighted by atomic mass is 16.6. The minimum atomic E-state index is -2.25. The van der Waals surface area contributed by atoms with Crippen LogP contribution in [0.1, 0.15) is 43.7 Å². The molecule has 4 atom stereocenters. The van der Waals surface area contributed by atoms with Gasteiger partial charge in [0.2, 0.25) is 0 Å². The third kappa shape index (κ3) is 8.47. The number of ether oxygens (including phenoxy) is 3. The van der Waals surface area contributed by atoms with E-state index in [1.807, 2.05) is 6.92 Å². The van der Waals surface area contributed by atoms with Crippen molar-refractivity contribution in [1.29, 1.82) is 0 Å². The molecular weight excluding hydrogens is 540 g/mol. The molecular formula is C29H32O12. The molecule has 1 aliphatic rings. The van der Waals surface area contributed by atoms with Crippen molar-refractivity contribution in [2.75, 3.05) is 6.61 Å². The van der Waals surface area contributed by atoms with Gasteiger partial charge in [0, 0.05) is 25.0 Å². The maximum atomic E-state index is 12.8. The Balaban J connectivity index is 1.76. The van der Waals surface area contributed by atoms with E-state index in [4.69, 9.17) is 14.2 Å². The van der Waals surface area contributed by atoms with E-state index < -0.39 is 66.2 Å². The van der Waals surface area contributed by atoms with Crippen LogP contribution >= 0.6 is 0 Å². The molecule has 1 saturated carbocycles. The highest BCUT2D eigenvalue weighted by molar-refractivity contribution is 5.88. The maximum Gasteiger partial charge on any atom is 0.338 e. The van der Waals surface area contributed by atoms with E-state index in [9.17, 15) is 45.0 Å². The SMILES string of the molecule is CCCCOC(=O)C1(O)C[C@H](OC(=O)/C=C/c2ccc(O)c(O)c2)C(O)[C@H](OC(=O)/C=C/c2ccc(O)c(O)c2)C1. The number of benzene rings is 2. The average molecular weight is 573 g/mol. The van der Waals surface area contributed by atoms with E-state index in [2.05, 4.69) is 0 Å². The lowest BCUT2D eigenvalue weighted by Crippen LogP contribution is -2.58. The molecule has 12 nitrogen and oxygen atoms in total. The van der Waals surface area contributed by atoms with Gasteiger partial charge in [0.25, 0.3) is 0 Å². The molecule has 0 heterocycles. The summed E-state index contributed by atoms with van der Waals surface area (Å²) >= 11 is 0. The van der Waals surface area contributed by atoms with E-state index in [0.717, 1.165) is 18.6 Å². The number of esters is 3. The fraction of sp³-hybridized carbons (Fsp3) is 0.345. The lowest BCUT2D eigenvalue weighted by molar-refractivity contribution is -0.206. The van der Waals surface area contributed by atoms with Gasteiger partial charge < -0.3 is 44.8 Å². The number of aliphatic hydroxyl groups is 2. The molecule has 1 aliphatic carbocycles. The van der Waals surface area contributed by atoms with E-state index in [1.165, 1.54) is 48.6 Å². The molecule has 12 heteroatoms. The van der Waals surface area contributed by atoms with Crippen LogP contribution in [-0.2, 0) is 28.6 Å². The van der Waals surface area contributed by atoms with Gasteiger partial charge in [-0.2, -0.15) is 0 Å². The fourth-order valence-corrected chi connectivity index (χ4v) is 4.06. The van der Waals surface area contributed by atoms with Gasteiger partial charge in [0.05, 0.1) is 6.61 Å². The van der Waals surface area contributed by atoms with Crippen LogP contribution in [0, 0.1) is 0 Å². The third-order valence-corrected chi connectivity index (χ3v) is 6.31. The number of phenols is 4. The lowest BCUT2D eigenvalue weighted by atomic mass is 9.79. The number of rotatable bonds is 10. The molecule has 220 valence electrons. The molecule has 1 fully saturated rings. The van der Waals surface area contributed by atoms with Crippen LogP contribution in [0.5, 0.6) is 23.0 Å². The minimum Gasteiger partial charge on any atom is -0.504 e. The number of carbonyl (C=O) groups is 3. The second-order valence-corrected chi connectivity index (χ2v) is 9.53. The van der Waals surface area contributed by atoms with Crippen LogP contribution in [0.25, 0.3) is 12.2 Å². The van der Waals surface area contributed by atoms with Crippen LogP contribution < -0.4 is 0 Å². The van der Waals surface area contributed by atoms with Gasteiger partial charge in [-0.3, -0.25) is 0 Å². The van der Waals surface area contributed by atoms with Crippen LogP contribution in [-0.4, -0.2) is 79.1 Å². The summed E-state index contributed by atoms with van der Waals surface area (Å²) in [5.41, 5.74) is -1.56. The van der Waals surface area contributed by atoms with Crippen molar-refractivity contribution in [3.05, 3.63) is 59.7 Å². The topological polar surface area (TPSA) is 200 Å². The smallest absolute Gasteiger partial charge is 0.338 e. The minimum absolute atomic E-state index is 0.0273. The Morgan fingerprint density at radius 1 is 0.829 bits per heavy atom. The van der Waals surface area contributed by atoms with Crippen LogP contribution in [0.4, 0.5) is 0 Å². The summed E-state index contributed by atoms with van der Waals surface area (Å²) in [6.07, 6.45) is 0.107. The summed E-state index contributed by atoms with van der Waals surface area (Å²) in [5.74, 6) is -4.48. The van der Waals surface area contributed by atoms with Crippen molar-refractivity contribution in [1.82, 2.24) is 0 Å². The zero-order valence-electron chi connectivity index (χ0n) is 22.2. The first-order valence-corrected chi connectivity index (χ1v) is 12.8. The molecule has 0 aliphatic heterocycles. The Morgan fingerprint density at radius 3 is 1.71 bits per heavy atom. The maximum absolute atomic E-state index is 12.8. The number of aromatic hydroxyl groups is 4. The zero-order valence-corrected chi connectivity index (χ0v) is 22.2. The normalized spacial score (nSPS) is 22.5. The molecule has 6 N–H and O–H groups in total. The van der Waals surface area contributed by atoms with E-state index in [1.54, 1.807) is 0 Å². The van der Waals surface area contributed by atoms with Crippen LogP contribution in [0.15, 0.2) is 48.6 Å². The van der Waals surface area contributed by atoms with Crippen molar-refractivity contribution in [2.24, 2.45) is 0 Å². The second-order valence-electron chi connectivity index (χ2n) is 9.53. The first kappa shape index (κ1) is 31.0. The summed E-state index contributed by atoms with van der Waals surface area (Å²) in [6.45, 7) is 1.91. The Kier molecular flexibility index (Phi) is 10.3. The Morgan fingerprint density at radius 2 is 1.29 bits per heavy atom. The van der Waals surface area contributed by atoms with Crippen molar-refractivity contribution >= 4 is 30.1 Å². The summed E-state index contributed by atoms with van der Waals surface area (Å²) in [5, 5.41) is 60.1. The molecule has 0 spiro atoms. The van der Waals surface area contributed by atoms with Gasteiger partial charge in [-0.1, -0.05) is 25.5 Å². The predicted octanol–water partition coefficient (Wildman–Crippen LogP) is 2.29. The quantitative estimate of drug-likeness (QED) is 0.0799. The molecule has 0 amide bonds. The molecule has 41 heavy (non-hydrogen) atoms. The van der Waals surface area contributed by atoms with Gasteiger partial charge in [-0.05, 0) is 54.0 Å². The van der Waals surface area contributed by atoms with Crippen molar-refractivity contribution in [2.45, 2.75) is 56.5 Å². The van der Waals surface area contributed by atoms with Gasteiger partial charge in [0.1, 0.15) is 18.3 Å². The Bertz CT molecular complexity index is 1230. The molecule has 0 saturated heterocycles. The van der Waals surface area contributed by atoms with Crippen molar-refractivity contribution in [3.8, 4) is 23.0 Å². The molecule has 2 aromatic carbocycles. The number of hydrogen-bond acceptors (Lipinski definition) is 12. The average Bonchev–Trinajstić information content (AvgIpc) is 2.92. The molecule has 3 rings (SSSR count). The molecule has 2 unspecified atom stereocenters. The standard InChI is InChI=1S/C29H32O12/c1-2-3-12-39-28(37)29(38)15-23(40-25(34)10-6-17-4-8-19(30)21(32)13-17)27(36)24(16-29)41-26(35)11-7-18-5-9-20(31)22(33)14-18/h4-11,13-14,23-24,27,30-33,36,38H,2-3,12,15-16H2,1H3/b10-6+,11-7+/t23-,24+,27?,29?. The van der Waals surface area contributed by atoms with Crippen LogP contribution in [0.3, 0.4) is 0 Å². The first-order chi connectivity index (χ1) is 19.4. The Labute approximate surface area is 235 Å². The van der Waals surface area contributed by atoms with E-state index in [0.29, 0.717) is 17.5 Å². The van der Waals surface area contributed by atoms with E-state index >= 15 is 0 Å². The number of carbonyl (C=O) groups excluding carboxylic acids is 3. The highest BCUT2D eigenvalue weighted by Crippen LogP contribution is 2.34. The first-order valence-electron chi connectivity index (χ1n) is 12.8. The number of hydrogen-bond donors (Lipinski definition) is 6. The number of phenolic OH excluding ortho intramolecular Hbond substituents is 4. The second kappa shape index (κ2) is 13.7. The summed E-state index contributed by atoms with van der Waals surface area (Å²) in [6, 6.07) is 7.66. The summed E-state index contributed by atoms with van der Waals surface area (Å²) in [7, 11) is 0. The number of aliphatic hydroxyl groups excluding tert-OH is 1. The lowest BCUT2D eigenvalue weighted by Gasteiger charge is -2.41. The largest absolute Gasteiger partial charge is 0.504 e.